The molecule has 1 atom stereocenters. The number of nitrogens with one attached hydrogen (secondary N) is 1. The summed E-state index contributed by atoms with van der Waals surface area (Å²) in [5.41, 5.74) is -0.835. The van der Waals surface area contributed by atoms with E-state index in [-0.39, 0.29) is 0 Å². The van der Waals surface area contributed by atoms with Crippen molar-refractivity contribution in [1.82, 2.24) is 5.32 Å². The molecule has 2 N–H and O–H groups in total. The van der Waals surface area contributed by atoms with Gasteiger partial charge >= 0.3 is 5.97 Å². The first-order chi connectivity index (χ1) is 9.56. The number of rotatable bonds is 14. The second-order valence-electron chi connectivity index (χ2n) is 4.84. The molecule has 0 heterocycles. The number of carboxylic acid groups (broad SMARTS) is 1. The van der Waals surface area contributed by atoms with Crippen LogP contribution >= 0.6 is 0 Å². The van der Waals surface area contributed by atoms with E-state index in [0.29, 0.717) is 46.0 Å². The van der Waals surface area contributed by atoms with Gasteiger partial charge in [0.1, 0.15) is 5.54 Å². The molecular formula is C14H29NO5. The lowest BCUT2D eigenvalue weighted by atomic mass is 9.95. The van der Waals surface area contributed by atoms with Gasteiger partial charge in [0.05, 0.1) is 26.4 Å². The number of aliphatic carboxylic acids is 1. The fourth-order valence-electron chi connectivity index (χ4n) is 1.81. The van der Waals surface area contributed by atoms with Gasteiger partial charge in [-0.05, 0) is 32.7 Å². The Balaban J connectivity index is 3.48. The van der Waals surface area contributed by atoms with Crippen molar-refractivity contribution in [1.29, 1.82) is 0 Å². The van der Waals surface area contributed by atoms with Gasteiger partial charge in [-0.15, -0.1) is 0 Å². The lowest BCUT2D eigenvalue weighted by molar-refractivity contribution is -0.144. The monoisotopic (exact) mass is 291 g/mol. The Morgan fingerprint density at radius 1 is 1.10 bits per heavy atom. The Labute approximate surface area is 121 Å². The van der Waals surface area contributed by atoms with E-state index in [0.717, 1.165) is 12.8 Å². The van der Waals surface area contributed by atoms with Crippen LogP contribution in [-0.2, 0) is 19.0 Å². The summed E-state index contributed by atoms with van der Waals surface area (Å²) in [7, 11) is 1.64. The van der Waals surface area contributed by atoms with Gasteiger partial charge in [0.25, 0.3) is 0 Å². The molecular weight excluding hydrogens is 262 g/mol. The predicted molar refractivity (Wildman–Crippen MR) is 77.1 cm³/mol. The summed E-state index contributed by atoms with van der Waals surface area (Å²) in [5.74, 6) is -0.799. The third kappa shape index (κ3) is 9.25. The fraction of sp³-hybridized carbons (Fsp3) is 0.929. The Hall–Kier alpha value is -0.690. The zero-order valence-corrected chi connectivity index (χ0v) is 12.9. The van der Waals surface area contributed by atoms with Crippen molar-refractivity contribution in [2.24, 2.45) is 0 Å². The Morgan fingerprint density at radius 2 is 1.70 bits per heavy atom. The molecule has 1 unspecified atom stereocenters. The van der Waals surface area contributed by atoms with Crippen LogP contribution < -0.4 is 5.32 Å². The molecule has 120 valence electrons. The SMILES string of the molecule is CCNC(C)(CCCCOCCOCCOC)C(=O)O. The number of unbranched alkanes of at least 4 members (excludes halogenated alkanes) is 1. The lowest BCUT2D eigenvalue weighted by Crippen LogP contribution is -2.49. The van der Waals surface area contributed by atoms with Gasteiger partial charge in [0.15, 0.2) is 0 Å². The molecule has 0 radical (unpaired) electrons. The van der Waals surface area contributed by atoms with Crippen molar-refractivity contribution in [3.8, 4) is 0 Å². The predicted octanol–water partition coefficient (Wildman–Crippen LogP) is 1.29. The smallest absolute Gasteiger partial charge is 0.323 e. The Kier molecular flexibility index (Phi) is 11.7. The average molecular weight is 291 g/mol. The third-order valence-corrected chi connectivity index (χ3v) is 3.06. The van der Waals surface area contributed by atoms with Crippen LogP contribution in [-0.4, -0.2) is 63.3 Å². The van der Waals surface area contributed by atoms with Gasteiger partial charge in [0, 0.05) is 13.7 Å². The van der Waals surface area contributed by atoms with Gasteiger partial charge < -0.3 is 24.6 Å². The van der Waals surface area contributed by atoms with Crippen molar-refractivity contribution < 1.29 is 24.1 Å². The van der Waals surface area contributed by atoms with E-state index in [4.69, 9.17) is 14.2 Å². The van der Waals surface area contributed by atoms with E-state index in [1.807, 2.05) is 6.92 Å². The summed E-state index contributed by atoms with van der Waals surface area (Å²) < 4.78 is 15.5. The number of hydrogen-bond acceptors (Lipinski definition) is 5. The zero-order chi connectivity index (χ0) is 15.3. The van der Waals surface area contributed by atoms with Crippen LogP contribution in [0.1, 0.15) is 33.1 Å². The van der Waals surface area contributed by atoms with Crippen molar-refractivity contribution in [2.75, 3.05) is 46.7 Å². The summed E-state index contributed by atoms with van der Waals surface area (Å²) in [6, 6.07) is 0. The summed E-state index contributed by atoms with van der Waals surface area (Å²) in [6.07, 6.45) is 2.27. The maximum atomic E-state index is 11.2. The maximum Gasteiger partial charge on any atom is 0.323 e. The molecule has 0 aromatic heterocycles. The van der Waals surface area contributed by atoms with Crippen LogP contribution in [0.3, 0.4) is 0 Å². The van der Waals surface area contributed by atoms with E-state index in [2.05, 4.69) is 5.32 Å². The van der Waals surface area contributed by atoms with Crippen LogP contribution in [0.2, 0.25) is 0 Å². The molecule has 20 heavy (non-hydrogen) atoms. The molecule has 0 saturated carbocycles. The molecule has 6 nitrogen and oxygen atoms in total. The molecule has 0 fully saturated rings. The summed E-state index contributed by atoms with van der Waals surface area (Å²) >= 11 is 0. The molecule has 0 rings (SSSR count). The molecule has 0 aliphatic rings. The minimum Gasteiger partial charge on any atom is -0.480 e. The molecule has 0 aliphatic heterocycles. The Morgan fingerprint density at radius 3 is 2.25 bits per heavy atom. The van der Waals surface area contributed by atoms with Gasteiger partial charge in [0.2, 0.25) is 0 Å². The highest BCUT2D eigenvalue weighted by Gasteiger charge is 2.30. The van der Waals surface area contributed by atoms with Gasteiger partial charge in [-0.1, -0.05) is 6.92 Å². The average Bonchev–Trinajstić information content (AvgIpc) is 2.41. The number of carboxylic acids is 1. The first kappa shape index (κ1) is 19.3. The Bertz CT molecular complexity index is 250. The van der Waals surface area contributed by atoms with E-state index >= 15 is 0 Å². The van der Waals surface area contributed by atoms with Gasteiger partial charge in [-0.25, -0.2) is 0 Å². The highest BCUT2D eigenvalue weighted by atomic mass is 16.5. The second-order valence-corrected chi connectivity index (χ2v) is 4.84. The topological polar surface area (TPSA) is 77.0 Å². The lowest BCUT2D eigenvalue weighted by Gasteiger charge is -2.25. The minimum absolute atomic E-state index is 0.563. The number of likely N-dealkylation sites (N-methyl/N-ethyl adjacent to an activating group) is 1. The first-order valence-corrected chi connectivity index (χ1v) is 7.19. The van der Waals surface area contributed by atoms with E-state index in [9.17, 15) is 9.90 Å². The molecule has 0 aromatic rings. The highest BCUT2D eigenvalue weighted by molar-refractivity contribution is 5.78. The minimum atomic E-state index is -0.835. The second kappa shape index (κ2) is 12.1. The van der Waals surface area contributed by atoms with Crippen LogP contribution in [0.5, 0.6) is 0 Å². The normalized spacial score (nSPS) is 14.2. The van der Waals surface area contributed by atoms with Crippen molar-refractivity contribution in [3.63, 3.8) is 0 Å². The van der Waals surface area contributed by atoms with Crippen molar-refractivity contribution >= 4 is 5.97 Å². The molecule has 0 amide bonds. The highest BCUT2D eigenvalue weighted by Crippen LogP contribution is 2.14. The van der Waals surface area contributed by atoms with Gasteiger partial charge in [-0.2, -0.15) is 0 Å². The summed E-state index contributed by atoms with van der Waals surface area (Å²) in [4.78, 5) is 11.2. The molecule has 6 heteroatoms. The number of hydrogen-bond donors (Lipinski definition) is 2. The van der Waals surface area contributed by atoms with E-state index in [1.54, 1.807) is 14.0 Å². The zero-order valence-electron chi connectivity index (χ0n) is 12.9. The van der Waals surface area contributed by atoms with Crippen molar-refractivity contribution in [2.45, 2.75) is 38.6 Å². The van der Waals surface area contributed by atoms with Crippen LogP contribution in [0.4, 0.5) is 0 Å². The number of ether oxygens (including phenoxy) is 3. The van der Waals surface area contributed by atoms with E-state index < -0.39 is 11.5 Å². The van der Waals surface area contributed by atoms with E-state index in [1.165, 1.54) is 0 Å². The van der Waals surface area contributed by atoms with Crippen LogP contribution in [0, 0.1) is 0 Å². The van der Waals surface area contributed by atoms with Crippen LogP contribution in [0.25, 0.3) is 0 Å². The quantitative estimate of drug-likeness (QED) is 0.470. The van der Waals surface area contributed by atoms with Crippen molar-refractivity contribution in [3.05, 3.63) is 0 Å². The molecule has 0 spiro atoms. The number of carbonyl (C=O) groups is 1. The molecule has 0 aliphatic carbocycles. The first-order valence-electron chi connectivity index (χ1n) is 7.19. The summed E-state index contributed by atoms with van der Waals surface area (Å²) in [6.45, 7) is 7.23. The molecule has 0 aromatic carbocycles. The largest absolute Gasteiger partial charge is 0.480 e. The summed E-state index contributed by atoms with van der Waals surface area (Å²) in [5, 5.41) is 12.2. The third-order valence-electron chi connectivity index (χ3n) is 3.06. The maximum absolute atomic E-state index is 11.2. The van der Waals surface area contributed by atoms with Gasteiger partial charge in [-0.3, -0.25) is 4.79 Å². The molecule has 0 saturated heterocycles. The molecule has 0 bridgehead atoms. The fourth-order valence-corrected chi connectivity index (χ4v) is 1.81. The van der Waals surface area contributed by atoms with Crippen LogP contribution in [0.15, 0.2) is 0 Å². The standard InChI is InChI=1S/C14H29NO5/c1-4-15-14(2,13(16)17)7-5-6-8-19-11-12-20-10-9-18-3/h15H,4-12H2,1-3H3,(H,16,17). The number of methoxy groups -OCH3 is 1.